The Morgan fingerprint density at radius 3 is 2.18 bits per heavy atom. The van der Waals surface area contributed by atoms with Crippen LogP contribution < -0.4 is 40.4 Å². The molecule has 7 heteroatoms. The molecule has 110 valence electrons. The van der Waals surface area contributed by atoms with E-state index in [2.05, 4.69) is 0 Å². The van der Waals surface area contributed by atoms with Crippen LogP contribution in [0.5, 0.6) is 0 Å². The van der Waals surface area contributed by atoms with Crippen molar-refractivity contribution in [2.75, 3.05) is 0 Å². The van der Waals surface area contributed by atoms with Crippen molar-refractivity contribution in [3.05, 3.63) is 71.0 Å². The first-order valence-corrected chi connectivity index (χ1v) is 5.85. The molecule has 0 saturated heterocycles. The largest absolute Gasteiger partial charge is 1.00 e. The Kier molecular flexibility index (Phi) is 8.15. The summed E-state index contributed by atoms with van der Waals surface area (Å²) in [5, 5.41) is 10.7. The van der Waals surface area contributed by atoms with Crippen LogP contribution in [0.4, 0.5) is 4.39 Å². The molecule has 1 atom stereocenters. The van der Waals surface area contributed by atoms with Gasteiger partial charge in [0.05, 0.1) is 12.0 Å². The summed E-state index contributed by atoms with van der Waals surface area (Å²) in [4.78, 5) is 22.9. The fraction of sp³-hybridized carbons (Fsp3) is 0.0667. The van der Waals surface area contributed by atoms with Crippen LogP contribution in [0.2, 0.25) is 0 Å². The molecule has 5 nitrogen and oxygen atoms in total. The Hall–Kier alpha value is -1.57. The van der Waals surface area contributed by atoms with Crippen molar-refractivity contribution in [2.45, 2.75) is 6.04 Å². The molecule has 22 heavy (non-hydrogen) atoms. The number of hydrogen-bond donors (Lipinski definition) is 1. The molecule has 4 N–H and O–H groups in total. The van der Waals surface area contributed by atoms with Crippen LogP contribution in [0, 0.1) is 5.82 Å². The van der Waals surface area contributed by atoms with E-state index >= 15 is 0 Å². The van der Waals surface area contributed by atoms with Crippen LogP contribution in [-0.4, -0.2) is 17.2 Å². The molecule has 0 aliphatic rings. The molecule has 2 aromatic carbocycles. The molecule has 1 unspecified atom stereocenters. The Bertz CT molecular complexity index is 661. The summed E-state index contributed by atoms with van der Waals surface area (Å²) in [7, 11) is 0. The second-order valence-corrected chi connectivity index (χ2v) is 4.26. The van der Waals surface area contributed by atoms with Gasteiger partial charge in [-0.05, 0) is 35.9 Å². The summed E-state index contributed by atoms with van der Waals surface area (Å²) in [5.74, 6) is -2.19. The van der Waals surface area contributed by atoms with E-state index in [1.165, 1.54) is 48.5 Å². The summed E-state index contributed by atoms with van der Waals surface area (Å²) in [5.41, 5.74) is 6.31. The van der Waals surface area contributed by atoms with E-state index in [1.807, 2.05) is 0 Å². The summed E-state index contributed by atoms with van der Waals surface area (Å²) in [6.07, 6.45) is 0. The van der Waals surface area contributed by atoms with Crippen LogP contribution in [0.1, 0.15) is 27.5 Å². The second kappa shape index (κ2) is 8.77. The number of carboxylic acids is 1. The summed E-state index contributed by atoms with van der Waals surface area (Å²) < 4.78 is 12.8. The van der Waals surface area contributed by atoms with E-state index in [-0.39, 0.29) is 51.9 Å². The molecule has 0 heterocycles. The number of hydrogen-bond acceptors (Lipinski definition) is 4. The number of halogens is 1. The van der Waals surface area contributed by atoms with Gasteiger partial charge in [-0.3, -0.25) is 4.79 Å². The van der Waals surface area contributed by atoms with Gasteiger partial charge in [0.1, 0.15) is 5.82 Å². The molecule has 0 aliphatic heterocycles. The Morgan fingerprint density at radius 2 is 1.64 bits per heavy atom. The molecule has 0 amide bonds. The summed E-state index contributed by atoms with van der Waals surface area (Å²) in [6.45, 7) is 0. The maximum Gasteiger partial charge on any atom is 1.00 e. The Labute approximate surface area is 148 Å². The van der Waals surface area contributed by atoms with E-state index < -0.39 is 17.8 Å². The van der Waals surface area contributed by atoms with Crippen molar-refractivity contribution in [1.82, 2.24) is 0 Å². The predicted molar refractivity (Wildman–Crippen MR) is 71.8 cm³/mol. The van der Waals surface area contributed by atoms with Gasteiger partial charge in [0, 0.05) is 11.1 Å². The summed E-state index contributed by atoms with van der Waals surface area (Å²) in [6, 6.07) is 9.77. The first-order chi connectivity index (χ1) is 9.49. The van der Waals surface area contributed by atoms with Crippen molar-refractivity contribution in [3.63, 3.8) is 0 Å². The van der Waals surface area contributed by atoms with Gasteiger partial charge < -0.3 is 21.1 Å². The molecule has 0 spiro atoms. The normalized spacial score (nSPS) is 10.8. The van der Waals surface area contributed by atoms with Crippen molar-refractivity contribution in [1.29, 1.82) is 0 Å². The number of carboxylic acid groups (broad SMARTS) is 1. The van der Waals surface area contributed by atoms with Gasteiger partial charge in [0.15, 0.2) is 5.78 Å². The van der Waals surface area contributed by atoms with Crippen LogP contribution >= 0.6 is 0 Å². The Morgan fingerprint density at radius 1 is 1.05 bits per heavy atom. The molecule has 0 aliphatic carbocycles. The zero-order valence-corrected chi connectivity index (χ0v) is 13.9. The van der Waals surface area contributed by atoms with Gasteiger partial charge in [-0.25, -0.2) is 4.39 Å². The van der Waals surface area contributed by atoms with Gasteiger partial charge in [-0.2, -0.15) is 0 Å². The number of aliphatic carboxylic acids is 1. The van der Waals surface area contributed by atoms with E-state index in [0.29, 0.717) is 5.56 Å². The van der Waals surface area contributed by atoms with Gasteiger partial charge in [-0.15, -0.1) is 0 Å². The number of nitrogens with two attached hydrogens (primary N) is 1. The third-order valence-electron chi connectivity index (χ3n) is 2.87. The zero-order chi connectivity index (χ0) is 14.7. The minimum Gasteiger partial charge on any atom is -0.548 e. The number of carbonyl (C=O) groups is 2. The first-order valence-electron chi connectivity index (χ1n) is 5.85. The SMILES string of the molecule is NC(C(=O)[O-])c1cccc(C(=O)c2ccc(F)cc2)c1.O.[Na+]. The molecule has 0 aromatic heterocycles. The smallest absolute Gasteiger partial charge is 0.548 e. The maximum absolute atomic E-state index is 12.8. The molecule has 0 radical (unpaired) electrons. The zero-order valence-electron chi connectivity index (χ0n) is 11.9. The van der Waals surface area contributed by atoms with Crippen molar-refractivity contribution >= 4 is 11.8 Å². The van der Waals surface area contributed by atoms with E-state index in [0.717, 1.165) is 0 Å². The van der Waals surface area contributed by atoms with Crippen LogP contribution in [-0.2, 0) is 4.79 Å². The van der Waals surface area contributed by atoms with Gasteiger partial charge in [-0.1, -0.05) is 18.2 Å². The predicted octanol–water partition coefficient (Wildman–Crippen LogP) is -3.01. The van der Waals surface area contributed by atoms with Crippen LogP contribution in [0.25, 0.3) is 0 Å². The van der Waals surface area contributed by atoms with Crippen LogP contribution in [0.15, 0.2) is 48.5 Å². The molecule has 0 saturated carbocycles. The maximum atomic E-state index is 12.8. The average molecular weight is 313 g/mol. The van der Waals surface area contributed by atoms with Crippen LogP contribution in [0.3, 0.4) is 0 Å². The third kappa shape index (κ3) is 4.72. The van der Waals surface area contributed by atoms with Crippen molar-refractivity contribution in [2.24, 2.45) is 5.73 Å². The van der Waals surface area contributed by atoms with Crippen molar-refractivity contribution in [3.8, 4) is 0 Å². The minimum absolute atomic E-state index is 0. The van der Waals surface area contributed by atoms with Crippen molar-refractivity contribution < 1.29 is 54.1 Å². The topological polar surface area (TPSA) is 115 Å². The first kappa shape index (κ1) is 20.4. The molecule has 0 fully saturated rings. The number of rotatable bonds is 4. The monoisotopic (exact) mass is 313 g/mol. The van der Waals surface area contributed by atoms with Gasteiger partial charge in [0.2, 0.25) is 0 Å². The molecule has 0 bridgehead atoms. The minimum atomic E-state index is -1.42. The molecular weight excluding hydrogens is 300 g/mol. The molecular formula is C15H13FNNaO4. The van der Waals surface area contributed by atoms with E-state index in [1.54, 1.807) is 0 Å². The molecule has 2 rings (SSSR count). The van der Waals surface area contributed by atoms with E-state index in [4.69, 9.17) is 5.73 Å². The number of benzene rings is 2. The van der Waals surface area contributed by atoms with Gasteiger partial charge >= 0.3 is 29.6 Å². The van der Waals surface area contributed by atoms with E-state index in [9.17, 15) is 19.1 Å². The number of carbonyl (C=O) groups excluding carboxylic acids is 2. The average Bonchev–Trinajstić information content (AvgIpc) is 2.46. The van der Waals surface area contributed by atoms with Gasteiger partial charge in [0.25, 0.3) is 0 Å². The molecule has 2 aromatic rings. The Balaban J connectivity index is 0.00000220. The quantitative estimate of drug-likeness (QED) is 0.478. The standard InChI is InChI=1S/C15H12FNO3.Na.H2O/c16-12-6-4-9(5-7-12)14(18)11-3-1-2-10(8-11)13(17)15(19)20;;/h1-8,13H,17H2,(H,19,20);;1H2/q;+1;/p-1. The third-order valence-corrected chi connectivity index (χ3v) is 2.87. The second-order valence-electron chi connectivity index (χ2n) is 4.26. The fourth-order valence-corrected chi connectivity index (χ4v) is 1.78. The fourth-order valence-electron chi connectivity index (χ4n) is 1.78. The summed E-state index contributed by atoms with van der Waals surface area (Å²) >= 11 is 0. The number of ketones is 1.